The number of piperidine rings is 1. The Kier molecular flexibility index (Phi) is 2.72. The summed E-state index contributed by atoms with van der Waals surface area (Å²) in [4.78, 5) is 0. The summed E-state index contributed by atoms with van der Waals surface area (Å²) in [6.45, 7) is 4.08. The number of ether oxygens (including phenoxy) is 1. The molecule has 14 heavy (non-hydrogen) atoms. The summed E-state index contributed by atoms with van der Waals surface area (Å²) in [5.74, 6) is 0.749. The molecule has 4 nitrogen and oxygen atoms in total. The van der Waals surface area contributed by atoms with E-state index in [2.05, 4.69) is 10.4 Å². The Morgan fingerprint density at radius 2 is 2.50 bits per heavy atom. The van der Waals surface area contributed by atoms with Gasteiger partial charge in [0, 0.05) is 25.4 Å². The summed E-state index contributed by atoms with van der Waals surface area (Å²) < 4.78 is 7.60. The molecule has 0 amide bonds. The average molecular weight is 195 g/mol. The van der Waals surface area contributed by atoms with Crippen molar-refractivity contribution in [3.63, 3.8) is 0 Å². The lowest BCUT2D eigenvalue weighted by atomic mass is 10.1. The average Bonchev–Trinajstić information content (AvgIpc) is 2.47. The van der Waals surface area contributed by atoms with E-state index in [9.17, 15) is 0 Å². The molecule has 0 aliphatic carbocycles. The minimum atomic E-state index is 0.290. The lowest BCUT2D eigenvalue weighted by Crippen LogP contribution is -2.37. The molecule has 1 fully saturated rings. The SMILES string of the molecule is Cc1cc(OC2CCCNC2)nn1C. The number of nitrogens with zero attached hydrogens (tertiary/aromatic N) is 2. The van der Waals surface area contributed by atoms with E-state index in [0.29, 0.717) is 0 Å². The third-order valence-corrected chi connectivity index (χ3v) is 2.63. The minimum Gasteiger partial charge on any atom is -0.472 e. The zero-order valence-corrected chi connectivity index (χ0v) is 8.79. The number of rotatable bonds is 2. The van der Waals surface area contributed by atoms with E-state index in [1.54, 1.807) is 0 Å². The molecule has 0 saturated carbocycles. The van der Waals surface area contributed by atoms with Crippen LogP contribution < -0.4 is 10.1 Å². The Labute approximate surface area is 84.3 Å². The summed E-state index contributed by atoms with van der Waals surface area (Å²) in [5, 5.41) is 7.59. The molecule has 78 valence electrons. The van der Waals surface area contributed by atoms with Gasteiger partial charge in [0.25, 0.3) is 0 Å². The molecule has 0 radical (unpaired) electrons. The molecular formula is C10H17N3O. The van der Waals surface area contributed by atoms with Crippen LogP contribution >= 0.6 is 0 Å². The maximum absolute atomic E-state index is 5.76. The van der Waals surface area contributed by atoms with Crippen LogP contribution in [-0.4, -0.2) is 29.0 Å². The van der Waals surface area contributed by atoms with Crippen molar-refractivity contribution in [1.29, 1.82) is 0 Å². The highest BCUT2D eigenvalue weighted by Gasteiger charge is 2.15. The zero-order chi connectivity index (χ0) is 9.97. The topological polar surface area (TPSA) is 39.1 Å². The van der Waals surface area contributed by atoms with Gasteiger partial charge in [0.05, 0.1) is 0 Å². The van der Waals surface area contributed by atoms with E-state index in [4.69, 9.17) is 4.74 Å². The molecule has 1 saturated heterocycles. The first kappa shape index (κ1) is 9.52. The van der Waals surface area contributed by atoms with Crippen LogP contribution in [0.15, 0.2) is 6.07 Å². The lowest BCUT2D eigenvalue weighted by molar-refractivity contribution is 0.159. The van der Waals surface area contributed by atoms with Crippen LogP contribution in [0.2, 0.25) is 0 Å². The van der Waals surface area contributed by atoms with Crippen molar-refractivity contribution < 1.29 is 4.74 Å². The van der Waals surface area contributed by atoms with Gasteiger partial charge in [0.1, 0.15) is 6.10 Å². The van der Waals surface area contributed by atoms with E-state index < -0.39 is 0 Å². The Balaban J connectivity index is 1.95. The summed E-state index contributed by atoms with van der Waals surface area (Å²) in [5.41, 5.74) is 1.13. The Morgan fingerprint density at radius 3 is 3.07 bits per heavy atom. The first-order valence-electron chi connectivity index (χ1n) is 5.14. The van der Waals surface area contributed by atoms with Gasteiger partial charge in [-0.15, -0.1) is 5.10 Å². The van der Waals surface area contributed by atoms with E-state index in [0.717, 1.165) is 31.1 Å². The fourth-order valence-electron chi connectivity index (χ4n) is 1.68. The highest BCUT2D eigenvalue weighted by Crippen LogP contribution is 2.14. The number of aryl methyl sites for hydroxylation is 2. The fourth-order valence-corrected chi connectivity index (χ4v) is 1.68. The van der Waals surface area contributed by atoms with E-state index in [-0.39, 0.29) is 6.10 Å². The van der Waals surface area contributed by atoms with Gasteiger partial charge in [-0.1, -0.05) is 0 Å². The van der Waals surface area contributed by atoms with Crippen molar-refractivity contribution >= 4 is 0 Å². The highest BCUT2D eigenvalue weighted by atomic mass is 16.5. The predicted octanol–water partition coefficient (Wildman–Crippen LogP) is 0.859. The standard InChI is InChI=1S/C10H17N3O/c1-8-6-10(12-13(8)2)14-9-4-3-5-11-7-9/h6,9,11H,3-5,7H2,1-2H3. The van der Waals surface area contributed by atoms with Gasteiger partial charge >= 0.3 is 0 Å². The van der Waals surface area contributed by atoms with Gasteiger partial charge in [-0.2, -0.15) is 0 Å². The van der Waals surface area contributed by atoms with Crippen LogP contribution in [0.1, 0.15) is 18.5 Å². The molecule has 4 heteroatoms. The van der Waals surface area contributed by atoms with Crippen LogP contribution in [0.4, 0.5) is 0 Å². The Hall–Kier alpha value is -1.03. The molecule has 1 aliphatic heterocycles. The molecular weight excluding hydrogens is 178 g/mol. The van der Waals surface area contributed by atoms with E-state index in [1.165, 1.54) is 6.42 Å². The molecule has 1 aromatic heterocycles. The quantitative estimate of drug-likeness (QED) is 0.760. The summed E-state index contributed by atoms with van der Waals surface area (Å²) in [6.07, 6.45) is 2.61. The minimum absolute atomic E-state index is 0.290. The summed E-state index contributed by atoms with van der Waals surface area (Å²) >= 11 is 0. The monoisotopic (exact) mass is 195 g/mol. The third-order valence-electron chi connectivity index (χ3n) is 2.63. The number of nitrogens with one attached hydrogen (secondary N) is 1. The Bertz CT molecular complexity index is 283. The van der Waals surface area contributed by atoms with Crippen molar-refractivity contribution in [1.82, 2.24) is 15.1 Å². The van der Waals surface area contributed by atoms with E-state index >= 15 is 0 Å². The van der Waals surface area contributed by atoms with Crippen molar-refractivity contribution in [3.05, 3.63) is 11.8 Å². The van der Waals surface area contributed by atoms with Crippen LogP contribution in [0.5, 0.6) is 5.88 Å². The van der Waals surface area contributed by atoms with Gasteiger partial charge < -0.3 is 10.1 Å². The molecule has 0 spiro atoms. The smallest absolute Gasteiger partial charge is 0.233 e. The molecule has 0 bridgehead atoms. The number of aromatic nitrogens is 2. The second kappa shape index (κ2) is 4.00. The van der Waals surface area contributed by atoms with Crippen molar-refractivity contribution in [2.24, 2.45) is 7.05 Å². The zero-order valence-electron chi connectivity index (χ0n) is 8.79. The molecule has 1 aliphatic rings. The van der Waals surface area contributed by atoms with Crippen LogP contribution in [0.3, 0.4) is 0 Å². The third kappa shape index (κ3) is 2.07. The maximum atomic E-state index is 5.76. The van der Waals surface area contributed by atoms with Crippen molar-refractivity contribution in [2.45, 2.75) is 25.9 Å². The van der Waals surface area contributed by atoms with E-state index in [1.807, 2.05) is 24.7 Å². The second-order valence-electron chi connectivity index (χ2n) is 3.83. The highest BCUT2D eigenvalue weighted by molar-refractivity contribution is 5.14. The molecule has 1 atom stereocenters. The molecule has 1 aromatic rings. The first-order valence-corrected chi connectivity index (χ1v) is 5.14. The summed E-state index contributed by atoms with van der Waals surface area (Å²) in [6, 6.07) is 1.98. The van der Waals surface area contributed by atoms with Gasteiger partial charge in [-0.25, -0.2) is 0 Å². The number of hydrogen-bond donors (Lipinski definition) is 1. The van der Waals surface area contributed by atoms with Crippen molar-refractivity contribution in [2.75, 3.05) is 13.1 Å². The molecule has 0 aromatic carbocycles. The van der Waals surface area contributed by atoms with Crippen molar-refractivity contribution in [3.8, 4) is 5.88 Å². The first-order chi connectivity index (χ1) is 6.75. The molecule has 2 rings (SSSR count). The fraction of sp³-hybridized carbons (Fsp3) is 0.700. The summed E-state index contributed by atoms with van der Waals surface area (Å²) in [7, 11) is 1.93. The normalized spacial score (nSPS) is 22.3. The van der Waals surface area contributed by atoms with Gasteiger partial charge in [-0.3, -0.25) is 4.68 Å². The number of hydrogen-bond acceptors (Lipinski definition) is 3. The van der Waals surface area contributed by atoms with Gasteiger partial charge in [0.2, 0.25) is 5.88 Å². The molecule has 2 heterocycles. The predicted molar refractivity (Wildman–Crippen MR) is 54.5 cm³/mol. The van der Waals surface area contributed by atoms with Crippen LogP contribution in [0, 0.1) is 6.92 Å². The second-order valence-corrected chi connectivity index (χ2v) is 3.83. The largest absolute Gasteiger partial charge is 0.472 e. The Morgan fingerprint density at radius 1 is 1.64 bits per heavy atom. The van der Waals surface area contributed by atoms with Crippen LogP contribution in [0.25, 0.3) is 0 Å². The van der Waals surface area contributed by atoms with Crippen LogP contribution in [-0.2, 0) is 7.05 Å². The molecule has 1 N–H and O–H groups in total. The maximum Gasteiger partial charge on any atom is 0.233 e. The molecule has 1 unspecified atom stereocenters. The van der Waals surface area contributed by atoms with Gasteiger partial charge in [0.15, 0.2) is 0 Å². The van der Waals surface area contributed by atoms with Gasteiger partial charge in [-0.05, 0) is 26.3 Å². The lowest BCUT2D eigenvalue weighted by Gasteiger charge is -2.22.